The van der Waals surface area contributed by atoms with Crippen molar-refractivity contribution in [2.45, 2.75) is 20.4 Å². The number of halogens is 2. The second-order valence-electron chi connectivity index (χ2n) is 6.47. The minimum absolute atomic E-state index is 0.322. The molecule has 0 atom stereocenters. The van der Waals surface area contributed by atoms with E-state index >= 15 is 0 Å². The molecule has 0 amide bonds. The average molecular weight is 452 g/mol. The van der Waals surface area contributed by atoms with E-state index in [-0.39, 0.29) is 5.82 Å². The first-order valence-corrected chi connectivity index (χ1v) is 10.3. The second kappa shape index (κ2) is 7.79. The van der Waals surface area contributed by atoms with E-state index in [9.17, 15) is 4.39 Å². The molecule has 2 aromatic heterocycles. The van der Waals surface area contributed by atoms with Crippen molar-refractivity contribution in [1.29, 1.82) is 0 Å². The molecule has 1 aromatic carbocycles. The first-order chi connectivity index (χ1) is 13.0. The van der Waals surface area contributed by atoms with Crippen LogP contribution >= 0.6 is 27.3 Å². The number of thiophene rings is 1. The van der Waals surface area contributed by atoms with Crippen molar-refractivity contribution in [2.75, 3.05) is 26.3 Å². The number of ether oxygens (including phenoxy) is 2. The molecule has 0 saturated carbocycles. The molecule has 0 radical (unpaired) electrons. The number of aromatic nitrogens is 2. The standard InChI is InChI=1S/C19H19BrFN3O2S/c1-11-12(2)27-19-17(11)18(26-15-4-3-13(21)9-14(15)20)22-16(23-19)10-24-5-7-25-8-6-24/h3-4,9H,5-8,10H2,1-2H3. The molecular formula is C19H19BrFN3O2S. The number of hydrogen-bond donors (Lipinski definition) is 0. The molecule has 1 aliphatic rings. The van der Waals surface area contributed by atoms with Crippen LogP contribution in [0, 0.1) is 19.7 Å². The summed E-state index contributed by atoms with van der Waals surface area (Å²) >= 11 is 5.00. The Hall–Kier alpha value is -1.61. The van der Waals surface area contributed by atoms with E-state index < -0.39 is 0 Å². The third-order valence-corrected chi connectivity index (χ3v) is 6.33. The van der Waals surface area contributed by atoms with E-state index in [1.807, 2.05) is 6.92 Å². The predicted octanol–water partition coefficient (Wildman–Crippen LogP) is 4.83. The third kappa shape index (κ3) is 3.99. The minimum atomic E-state index is -0.322. The quantitative estimate of drug-likeness (QED) is 0.568. The number of aryl methyl sites for hydroxylation is 2. The van der Waals surface area contributed by atoms with Gasteiger partial charge in [0.15, 0.2) is 0 Å². The number of rotatable bonds is 4. The van der Waals surface area contributed by atoms with Gasteiger partial charge in [0.05, 0.1) is 29.6 Å². The summed E-state index contributed by atoms with van der Waals surface area (Å²) in [6.07, 6.45) is 0. The maximum absolute atomic E-state index is 13.4. The lowest BCUT2D eigenvalue weighted by molar-refractivity contribution is 0.0330. The van der Waals surface area contributed by atoms with Gasteiger partial charge in [-0.3, -0.25) is 4.90 Å². The monoisotopic (exact) mass is 451 g/mol. The Morgan fingerprint density at radius 2 is 2.04 bits per heavy atom. The molecule has 1 fully saturated rings. The van der Waals surface area contributed by atoms with Crippen LogP contribution in [-0.2, 0) is 11.3 Å². The fraction of sp³-hybridized carbons (Fsp3) is 0.368. The smallest absolute Gasteiger partial charge is 0.231 e. The molecule has 1 saturated heterocycles. The van der Waals surface area contributed by atoms with Crippen LogP contribution in [0.15, 0.2) is 22.7 Å². The maximum Gasteiger partial charge on any atom is 0.231 e. The molecule has 27 heavy (non-hydrogen) atoms. The van der Waals surface area contributed by atoms with Gasteiger partial charge in [-0.25, -0.2) is 9.37 Å². The number of hydrogen-bond acceptors (Lipinski definition) is 6. The lowest BCUT2D eigenvalue weighted by atomic mass is 10.2. The normalized spacial score (nSPS) is 15.4. The molecule has 0 aliphatic carbocycles. The lowest BCUT2D eigenvalue weighted by Crippen LogP contribution is -2.36. The predicted molar refractivity (Wildman–Crippen MR) is 107 cm³/mol. The minimum Gasteiger partial charge on any atom is -0.437 e. The van der Waals surface area contributed by atoms with E-state index in [0.29, 0.717) is 22.6 Å². The second-order valence-corrected chi connectivity index (χ2v) is 8.53. The Morgan fingerprint density at radius 1 is 1.26 bits per heavy atom. The Bertz CT molecular complexity index is 989. The summed E-state index contributed by atoms with van der Waals surface area (Å²) in [5.74, 6) is 1.44. The van der Waals surface area contributed by atoms with Gasteiger partial charge in [0.25, 0.3) is 0 Å². The summed E-state index contributed by atoms with van der Waals surface area (Å²) in [4.78, 5) is 13.8. The van der Waals surface area contributed by atoms with Crippen LogP contribution < -0.4 is 4.74 Å². The summed E-state index contributed by atoms with van der Waals surface area (Å²) in [6, 6.07) is 4.36. The molecule has 3 heterocycles. The molecule has 0 bridgehead atoms. The van der Waals surface area contributed by atoms with Crippen LogP contribution in [0.5, 0.6) is 11.6 Å². The Kier molecular flexibility index (Phi) is 5.41. The van der Waals surface area contributed by atoms with Crippen LogP contribution in [0.25, 0.3) is 10.2 Å². The van der Waals surface area contributed by atoms with E-state index in [2.05, 4.69) is 27.8 Å². The van der Waals surface area contributed by atoms with E-state index in [0.717, 1.165) is 47.9 Å². The summed E-state index contributed by atoms with van der Waals surface area (Å²) in [5.41, 5.74) is 1.11. The van der Waals surface area contributed by atoms with Gasteiger partial charge in [-0.1, -0.05) is 0 Å². The largest absolute Gasteiger partial charge is 0.437 e. The van der Waals surface area contributed by atoms with Crippen LogP contribution in [0.1, 0.15) is 16.3 Å². The first-order valence-electron chi connectivity index (χ1n) is 8.71. The van der Waals surface area contributed by atoms with Crippen molar-refractivity contribution < 1.29 is 13.9 Å². The highest BCUT2D eigenvalue weighted by Gasteiger charge is 2.19. The maximum atomic E-state index is 13.4. The summed E-state index contributed by atoms with van der Waals surface area (Å²) < 4.78 is 25.5. The zero-order valence-corrected chi connectivity index (χ0v) is 17.5. The molecule has 3 aromatic rings. The molecule has 142 valence electrons. The van der Waals surface area contributed by atoms with E-state index in [4.69, 9.17) is 19.4 Å². The Morgan fingerprint density at radius 3 is 2.78 bits per heavy atom. The van der Waals surface area contributed by atoms with Crippen molar-refractivity contribution >= 4 is 37.5 Å². The zero-order valence-electron chi connectivity index (χ0n) is 15.1. The fourth-order valence-corrected chi connectivity index (χ4v) is 4.49. The highest BCUT2D eigenvalue weighted by Crippen LogP contribution is 2.38. The Balaban J connectivity index is 1.74. The molecule has 0 unspecified atom stereocenters. The van der Waals surface area contributed by atoms with Crippen LogP contribution in [0.2, 0.25) is 0 Å². The topological polar surface area (TPSA) is 47.5 Å². The highest BCUT2D eigenvalue weighted by atomic mass is 79.9. The molecular weight excluding hydrogens is 433 g/mol. The van der Waals surface area contributed by atoms with Crippen molar-refractivity contribution in [1.82, 2.24) is 14.9 Å². The van der Waals surface area contributed by atoms with Gasteiger partial charge in [-0.2, -0.15) is 4.98 Å². The van der Waals surface area contributed by atoms with Gasteiger partial charge in [0, 0.05) is 18.0 Å². The number of morpholine rings is 1. The van der Waals surface area contributed by atoms with Crippen LogP contribution in [0.4, 0.5) is 4.39 Å². The number of fused-ring (bicyclic) bond motifs is 1. The van der Waals surface area contributed by atoms with Gasteiger partial charge < -0.3 is 9.47 Å². The molecule has 8 heteroatoms. The van der Waals surface area contributed by atoms with Crippen molar-refractivity contribution in [2.24, 2.45) is 0 Å². The highest BCUT2D eigenvalue weighted by molar-refractivity contribution is 9.10. The Labute approximate surface area is 169 Å². The van der Waals surface area contributed by atoms with Crippen molar-refractivity contribution in [3.8, 4) is 11.6 Å². The van der Waals surface area contributed by atoms with Crippen LogP contribution in [0.3, 0.4) is 0 Å². The van der Waals surface area contributed by atoms with Crippen LogP contribution in [-0.4, -0.2) is 41.2 Å². The molecule has 1 aliphatic heterocycles. The number of nitrogens with zero attached hydrogens (tertiary/aromatic N) is 3. The average Bonchev–Trinajstić information content (AvgIpc) is 2.92. The fourth-order valence-electron chi connectivity index (χ4n) is 3.02. The molecule has 0 N–H and O–H groups in total. The molecule has 0 spiro atoms. The van der Waals surface area contributed by atoms with Crippen molar-refractivity contribution in [3.63, 3.8) is 0 Å². The van der Waals surface area contributed by atoms with Gasteiger partial charge >= 0.3 is 0 Å². The van der Waals surface area contributed by atoms with Gasteiger partial charge in [-0.15, -0.1) is 11.3 Å². The summed E-state index contributed by atoms with van der Waals surface area (Å²) in [5, 5.41) is 0.916. The zero-order chi connectivity index (χ0) is 19.0. The van der Waals surface area contributed by atoms with E-state index in [1.165, 1.54) is 17.0 Å². The van der Waals surface area contributed by atoms with Gasteiger partial charge in [-0.05, 0) is 53.5 Å². The molecule has 4 rings (SSSR count). The SMILES string of the molecule is Cc1sc2nc(CN3CCOCC3)nc(Oc3ccc(F)cc3Br)c2c1C. The first kappa shape index (κ1) is 18.7. The van der Waals surface area contributed by atoms with Gasteiger partial charge in [0.2, 0.25) is 5.88 Å². The lowest BCUT2D eigenvalue weighted by Gasteiger charge is -2.25. The summed E-state index contributed by atoms with van der Waals surface area (Å²) in [7, 11) is 0. The number of benzene rings is 1. The van der Waals surface area contributed by atoms with Crippen molar-refractivity contribution in [3.05, 3.63) is 44.8 Å². The molecule has 5 nitrogen and oxygen atoms in total. The van der Waals surface area contributed by atoms with E-state index in [1.54, 1.807) is 17.4 Å². The van der Waals surface area contributed by atoms with Gasteiger partial charge in [0.1, 0.15) is 22.2 Å². The third-order valence-electron chi connectivity index (χ3n) is 4.61. The summed E-state index contributed by atoms with van der Waals surface area (Å²) in [6.45, 7) is 7.95.